The van der Waals surface area contributed by atoms with Crippen molar-refractivity contribution in [2.45, 2.75) is 18.3 Å². The van der Waals surface area contributed by atoms with Gasteiger partial charge in [0.2, 0.25) is 0 Å². The largest absolute Gasteiger partial charge is 0.338 e. The van der Waals surface area contributed by atoms with Gasteiger partial charge in [-0.25, -0.2) is 4.98 Å². The van der Waals surface area contributed by atoms with E-state index in [0.29, 0.717) is 0 Å². The minimum atomic E-state index is 0.0247. The number of hydrogen-bond acceptors (Lipinski definition) is 1. The van der Waals surface area contributed by atoms with Crippen LogP contribution < -0.4 is 0 Å². The molecule has 0 saturated carbocycles. The summed E-state index contributed by atoms with van der Waals surface area (Å²) in [5.41, 5.74) is 1.28. The summed E-state index contributed by atoms with van der Waals surface area (Å²) in [4.78, 5) is 4.40. The molecule has 0 radical (unpaired) electrons. The van der Waals surface area contributed by atoms with Gasteiger partial charge in [0.25, 0.3) is 0 Å². The first kappa shape index (κ1) is 16.1. The van der Waals surface area contributed by atoms with Gasteiger partial charge in [-0.1, -0.05) is 55.6 Å². The number of alkyl halides is 2. The molecule has 0 fully saturated rings. The molecule has 0 amide bonds. The van der Waals surface area contributed by atoms with Crippen LogP contribution in [0.25, 0.3) is 0 Å². The number of imidazole rings is 1. The summed E-state index contributed by atoms with van der Waals surface area (Å²) in [6.45, 7) is 0. The van der Waals surface area contributed by atoms with Gasteiger partial charge in [-0.3, -0.25) is 0 Å². The molecule has 1 aromatic heterocycles. The summed E-state index contributed by atoms with van der Waals surface area (Å²) in [6, 6.07) is 8.13. The minimum Gasteiger partial charge on any atom is -0.338 e. The molecule has 5 heteroatoms. The first-order chi connectivity index (χ1) is 9.61. The van der Waals surface area contributed by atoms with Crippen LogP contribution in [0.1, 0.15) is 17.8 Å². The van der Waals surface area contributed by atoms with Crippen molar-refractivity contribution in [3.8, 4) is 0 Å². The van der Waals surface area contributed by atoms with Crippen molar-refractivity contribution in [1.29, 1.82) is 0 Å². The Labute approximate surface area is 141 Å². The summed E-state index contributed by atoms with van der Waals surface area (Å²) < 4.78 is 2.07. The molecule has 2 rings (SSSR count). The van der Waals surface area contributed by atoms with E-state index in [4.69, 9.17) is 11.6 Å². The second-order valence-corrected chi connectivity index (χ2v) is 6.57. The van der Waals surface area contributed by atoms with Gasteiger partial charge in [-0.05, 0) is 24.1 Å². The van der Waals surface area contributed by atoms with E-state index in [0.717, 1.165) is 34.3 Å². The van der Waals surface area contributed by atoms with Crippen LogP contribution in [0.3, 0.4) is 0 Å². The van der Waals surface area contributed by atoms with Gasteiger partial charge in [0.1, 0.15) is 5.82 Å². The lowest BCUT2D eigenvalue weighted by Gasteiger charge is -2.31. The number of rotatable bonds is 6. The van der Waals surface area contributed by atoms with Gasteiger partial charge in [0.05, 0.1) is 0 Å². The topological polar surface area (TPSA) is 17.8 Å². The molecule has 2 aromatic rings. The third kappa shape index (κ3) is 3.46. The van der Waals surface area contributed by atoms with Crippen molar-refractivity contribution in [1.82, 2.24) is 9.55 Å². The van der Waals surface area contributed by atoms with Gasteiger partial charge in [-0.2, -0.15) is 0 Å². The summed E-state index contributed by atoms with van der Waals surface area (Å²) in [6.07, 6.45) is 5.78. The molecule has 0 N–H and O–H groups in total. The maximum absolute atomic E-state index is 6.14. The van der Waals surface area contributed by atoms with E-state index in [2.05, 4.69) is 53.5 Å². The normalized spacial score (nSPS) is 11.8. The fourth-order valence-corrected chi connectivity index (χ4v) is 4.60. The van der Waals surface area contributed by atoms with Crippen LogP contribution in [0.2, 0.25) is 5.02 Å². The van der Waals surface area contributed by atoms with Crippen molar-refractivity contribution in [3.05, 3.63) is 53.1 Å². The smallest absolute Gasteiger partial charge is 0.108 e. The molecular formula is C15H17Br2ClN2. The SMILES string of the molecule is Cn1ccnc1CCC(CBr)(CBr)c1cccc(Cl)c1. The predicted octanol–water partition coefficient (Wildman–Crippen LogP) is 4.73. The number of benzene rings is 1. The van der Waals surface area contributed by atoms with Gasteiger partial charge in [0.15, 0.2) is 0 Å². The second-order valence-electron chi connectivity index (χ2n) is 5.01. The number of hydrogen-bond donors (Lipinski definition) is 0. The molecule has 0 saturated heterocycles. The highest BCUT2D eigenvalue weighted by atomic mass is 79.9. The summed E-state index contributed by atoms with van der Waals surface area (Å²) in [5.74, 6) is 1.11. The number of halogens is 3. The first-order valence-electron chi connectivity index (χ1n) is 6.45. The van der Waals surface area contributed by atoms with E-state index in [1.54, 1.807) is 0 Å². The Hall–Kier alpha value is -0.320. The molecule has 20 heavy (non-hydrogen) atoms. The quantitative estimate of drug-likeness (QED) is 0.618. The van der Waals surface area contributed by atoms with E-state index >= 15 is 0 Å². The molecule has 0 aliphatic carbocycles. The summed E-state index contributed by atoms with van der Waals surface area (Å²) in [7, 11) is 2.03. The Morgan fingerprint density at radius 2 is 2.05 bits per heavy atom. The molecule has 2 nitrogen and oxygen atoms in total. The highest BCUT2D eigenvalue weighted by Crippen LogP contribution is 2.34. The zero-order chi connectivity index (χ0) is 14.6. The van der Waals surface area contributed by atoms with E-state index in [1.807, 2.05) is 31.6 Å². The van der Waals surface area contributed by atoms with Crippen molar-refractivity contribution >= 4 is 43.5 Å². The molecule has 0 atom stereocenters. The number of aromatic nitrogens is 2. The van der Waals surface area contributed by atoms with Crippen LogP contribution in [-0.2, 0) is 18.9 Å². The molecule has 108 valence electrons. The number of nitrogens with zero attached hydrogens (tertiary/aromatic N) is 2. The van der Waals surface area contributed by atoms with Crippen molar-refractivity contribution < 1.29 is 0 Å². The van der Waals surface area contributed by atoms with Gasteiger partial charge in [0, 0.05) is 47.0 Å². The molecule has 1 aromatic carbocycles. The van der Waals surface area contributed by atoms with Crippen LogP contribution in [-0.4, -0.2) is 20.2 Å². The third-order valence-corrected chi connectivity index (χ3v) is 6.08. The average molecular weight is 421 g/mol. The monoisotopic (exact) mass is 418 g/mol. The third-order valence-electron chi connectivity index (χ3n) is 3.70. The lowest BCUT2D eigenvalue weighted by molar-refractivity contribution is 0.493. The van der Waals surface area contributed by atoms with E-state index in [-0.39, 0.29) is 5.41 Å². The molecule has 0 aliphatic heterocycles. The van der Waals surface area contributed by atoms with E-state index < -0.39 is 0 Å². The second kappa shape index (κ2) is 7.10. The molecule has 0 unspecified atom stereocenters. The van der Waals surface area contributed by atoms with Crippen LogP contribution in [0, 0.1) is 0 Å². The Bertz CT molecular complexity index is 565. The lowest BCUT2D eigenvalue weighted by Crippen LogP contribution is -2.31. The lowest BCUT2D eigenvalue weighted by atomic mass is 9.80. The maximum Gasteiger partial charge on any atom is 0.108 e. The van der Waals surface area contributed by atoms with Crippen LogP contribution in [0.4, 0.5) is 0 Å². The molecular weight excluding hydrogens is 403 g/mol. The van der Waals surface area contributed by atoms with Gasteiger partial charge in [-0.15, -0.1) is 0 Å². The molecule has 1 heterocycles. The molecule has 0 aliphatic rings. The highest BCUT2D eigenvalue weighted by molar-refractivity contribution is 9.09. The number of aryl methyl sites for hydroxylation is 2. The Kier molecular flexibility index (Phi) is 5.70. The van der Waals surface area contributed by atoms with Gasteiger partial charge >= 0.3 is 0 Å². The summed E-state index contributed by atoms with van der Waals surface area (Å²) in [5, 5.41) is 2.55. The zero-order valence-electron chi connectivity index (χ0n) is 11.3. The Balaban J connectivity index is 2.23. The highest BCUT2D eigenvalue weighted by Gasteiger charge is 2.30. The Morgan fingerprint density at radius 3 is 2.60 bits per heavy atom. The predicted molar refractivity (Wildman–Crippen MR) is 92.2 cm³/mol. The fourth-order valence-electron chi connectivity index (χ4n) is 2.27. The summed E-state index contributed by atoms with van der Waals surface area (Å²) >= 11 is 13.5. The van der Waals surface area contributed by atoms with Crippen molar-refractivity contribution in [3.63, 3.8) is 0 Å². The average Bonchev–Trinajstić information content (AvgIpc) is 2.86. The van der Waals surface area contributed by atoms with E-state index in [1.165, 1.54) is 5.56 Å². The first-order valence-corrected chi connectivity index (χ1v) is 9.07. The van der Waals surface area contributed by atoms with Crippen LogP contribution >= 0.6 is 43.5 Å². The zero-order valence-corrected chi connectivity index (χ0v) is 15.2. The van der Waals surface area contributed by atoms with Gasteiger partial charge < -0.3 is 4.57 Å². The van der Waals surface area contributed by atoms with Crippen molar-refractivity contribution in [2.75, 3.05) is 10.7 Å². The van der Waals surface area contributed by atoms with Crippen LogP contribution in [0.15, 0.2) is 36.7 Å². The molecule has 0 spiro atoms. The Morgan fingerprint density at radius 1 is 1.30 bits per heavy atom. The standard InChI is InChI=1S/C15H17Br2ClN2/c1-20-8-7-19-14(20)5-6-15(10-16,11-17)12-3-2-4-13(18)9-12/h2-4,7-9H,5-6,10-11H2,1H3. The van der Waals surface area contributed by atoms with Crippen LogP contribution in [0.5, 0.6) is 0 Å². The molecule has 0 bridgehead atoms. The minimum absolute atomic E-state index is 0.0247. The van der Waals surface area contributed by atoms with E-state index in [9.17, 15) is 0 Å². The fraction of sp³-hybridized carbons (Fsp3) is 0.400. The van der Waals surface area contributed by atoms with Crippen molar-refractivity contribution in [2.24, 2.45) is 7.05 Å². The maximum atomic E-state index is 6.14.